The fraction of sp³-hybridized carbons (Fsp3) is 0.722. The van der Waals surface area contributed by atoms with Crippen LogP contribution in [0.25, 0.3) is 0 Å². The molecule has 0 spiro atoms. The smallest absolute Gasteiger partial charge is 0.168 e. The van der Waals surface area contributed by atoms with E-state index in [0.717, 1.165) is 11.6 Å². The van der Waals surface area contributed by atoms with Gasteiger partial charge in [-0.3, -0.25) is 0 Å². The van der Waals surface area contributed by atoms with Crippen molar-refractivity contribution in [3.63, 3.8) is 0 Å². The number of nitrogens with zero attached hydrogens (tertiary/aromatic N) is 1. The molecule has 0 amide bonds. The second kappa shape index (κ2) is 5.86. The Morgan fingerprint density at radius 2 is 1.81 bits per heavy atom. The van der Waals surface area contributed by atoms with Gasteiger partial charge < -0.3 is 10.1 Å². The Morgan fingerprint density at radius 3 is 2.38 bits per heavy atom. The van der Waals surface area contributed by atoms with E-state index in [4.69, 9.17) is 4.74 Å². The zero-order valence-corrected chi connectivity index (χ0v) is 14.4. The van der Waals surface area contributed by atoms with Gasteiger partial charge in [-0.15, -0.1) is 0 Å². The maximum Gasteiger partial charge on any atom is 0.168 e. The van der Waals surface area contributed by atoms with Crippen molar-refractivity contribution in [2.45, 2.75) is 73.0 Å². The predicted molar refractivity (Wildman–Crippen MR) is 88.8 cm³/mol. The van der Waals surface area contributed by atoms with Crippen LogP contribution in [-0.4, -0.2) is 17.1 Å². The summed E-state index contributed by atoms with van der Waals surface area (Å²) in [6.07, 6.45) is 5.61. The Bertz CT molecular complexity index is 464. The van der Waals surface area contributed by atoms with Crippen molar-refractivity contribution < 1.29 is 4.74 Å². The first-order valence-electron chi connectivity index (χ1n) is 8.05. The molecule has 1 N–H and O–H groups in total. The second-order valence-electron chi connectivity index (χ2n) is 8.27. The third kappa shape index (κ3) is 4.62. The van der Waals surface area contributed by atoms with Gasteiger partial charge in [-0.25, -0.2) is 4.98 Å². The number of aromatic nitrogens is 1. The molecule has 0 aromatic carbocycles. The number of rotatable bonds is 4. The van der Waals surface area contributed by atoms with Crippen molar-refractivity contribution in [3.05, 3.63) is 18.3 Å². The van der Waals surface area contributed by atoms with E-state index in [1.807, 2.05) is 32.2 Å². The van der Waals surface area contributed by atoms with E-state index in [1.54, 1.807) is 0 Å². The third-order valence-corrected chi connectivity index (χ3v) is 4.03. The number of hydrogen-bond acceptors (Lipinski definition) is 3. The molecule has 1 aliphatic carbocycles. The minimum absolute atomic E-state index is 0.161. The number of pyridine rings is 1. The summed E-state index contributed by atoms with van der Waals surface area (Å²) in [4.78, 5) is 4.49. The molecule has 1 fully saturated rings. The molecule has 1 aliphatic rings. The second-order valence-corrected chi connectivity index (χ2v) is 8.27. The van der Waals surface area contributed by atoms with E-state index in [1.165, 1.54) is 19.3 Å². The van der Waals surface area contributed by atoms with E-state index in [2.05, 4.69) is 38.0 Å². The molecule has 1 saturated carbocycles. The lowest BCUT2D eigenvalue weighted by atomic mass is 9.63. The summed E-state index contributed by atoms with van der Waals surface area (Å²) < 4.78 is 5.87. The van der Waals surface area contributed by atoms with Crippen LogP contribution < -0.4 is 10.1 Å². The minimum atomic E-state index is 0.161. The Labute approximate surface area is 129 Å². The fourth-order valence-corrected chi connectivity index (χ4v) is 3.99. The van der Waals surface area contributed by atoms with Crippen LogP contribution in [0.15, 0.2) is 18.3 Å². The molecule has 1 aromatic rings. The van der Waals surface area contributed by atoms with Crippen molar-refractivity contribution in [2.75, 3.05) is 5.32 Å². The first-order chi connectivity index (χ1) is 9.67. The molecular formula is C18H30N2O. The minimum Gasteiger partial charge on any atom is -0.487 e. The van der Waals surface area contributed by atoms with Gasteiger partial charge in [-0.1, -0.05) is 27.7 Å². The molecule has 0 atom stereocenters. The number of ether oxygens (including phenoxy) is 1. The van der Waals surface area contributed by atoms with Gasteiger partial charge >= 0.3 is 0 Å². The monoisotopic (exact) mass is 290 g/mol. The van der Waals surface area contributed by atoms with Crippen LogP contribution in [0.5, 0.6) is 5.75 Å². The first kappa shape index (κ1) is 16.1. The van der Waals surface area contributed by atoms with E-state index in [-0.39, 0.29) is 6.10 Å². The molecule has 1 heterocycles. The van der Waals surface area contributed by atoms with Crippen molar-refractivity contribution >= 4 is 5.82 Å². The first-order valence-corrected chi connectivity index (χ1v) is 8.05. The van der Waals surface area contributed by atoms with Crippen LogP contribution in [0.2, 0.25) is 0 Å². The Morgan fingerprint density at radius 1 is 1.19 bits per heavy atom. The summed E-state index contributed by atoms with van der Waals surface area (Å²) in [5.74, 6) is 1.73. The van der Waals surface area contributed by atoms with Crippen LogP contribution in [0.1, 0.15) is 60.8 Å². The molecule has 0 aliphatic heterocycles. The van der Waals surface area contributed by atoms with Gasteiger partial charge in [0.05, 0.1) is 6.10 Å². The van der Waals surface area contributed by atoms with Gasteiger partial charge in [0.15, 0.2) is 11.6 Å². The zero-order valence-electron chi connectivity index (χ0n) is 14.4. The van der Waals surface area contributed by atoms with Crippen LogP contribution >= 0.6 is 0 Å². The summed E-state index contributed by atoms with van der Waals surface area (Å²) in [5.41, 5.74) is 0.737. The Kier molecular flexibility index (Phi) is 4.50. The summed E-state index contributed by atoms with van der Waals surface area (Å²) in [5, 5.41) is 3.63. The molecule has 21 heavy (non-hydrogen) atoms. The lowest BCUT2D eigenvalue weighted by molar-refractivity contribution is 0.105. The standard InChI is InChI=1S/C18H30N2O/c1-13(2)21-15-8-7-9-19-16(15)20-14-10-17(3,4)12-18(5,6)11-14/h7-9,13-14H,10-12H2,1-6H3,(H,19,20). The molecule has 0 radical (unpaired) electrons. The molecule has 0 bridgehead atoms. The highest BCUT2D eigenvalue weighted by Crippen LogP contribution is 2.46. The largest absolute Gasteiger partial charge is 0.487 e. The molecule has 0 unspecified atom stereocenters. The molecule has 3 nitrogen and oxygen atoms in total. The topological polar surface area (TPSA) is 34.1 Å². The summed E-state index contributed by atoms with van der Waals surface area (Å²) in [6.45, 7) is 13.6. The van der Waals surface area contributed by atoms with Crippen LogP contribution in [-0.2, 0) is 0 Å². The SMILES string of the molecule is CC(C)Oc1cccnc1NC1CC(C)(C)CC(C)(C)C1. The van der Waals surface area contributed by atoms with E-state index in [0.29, 0.717) is 16.9 Å². The summed E-state index contributed by atoms with van der Waals surface area (Å²) >= 11 is 0. The quantitative estimate of drug-likeness (QED) is 0.857. The molecular weight excluding hydrogens is 260 g/mol. The molecule has 0 saturated heterocycles. The number of hydrogen-bond donors (Lipinski definition) is 1. The Hall–Kier alpha value is -1.25. The number of anilines is 1. The third-order valence-electron chi connectivity index (χ3n) is 4.03. The lowest BCUT2D eigenvalue weighted by Crippen LogP contribution is -2.40. The van der Waals surface area contributed by atoms with Gasteiger partial charge in [0, 0.05) is 12.2 Å². The van der Waals surface area contributed by atoms with Gasteiger partial charge in [0.25, 0.3) is 0 Å². The lowest BCUT2D eigenvalue weighted by Gasteiger charge is -2.45. The van der Waals surface area contributed by atoms with Crippen LogP contribution in [0.4, 0.5) is 5.82 Å². The highest BCUT2D eigenvalue weighted by Gasteiger charge is 2.38. The molecule has 118 valence electrons. The maximum atomic E-state index is 5.87. The van der Waals surface area contributed by atoms with Crippen molar-refractivity contribution in [3.8, 4) is 5.75 Å². The van der Waals surface area contributed by atoms with Crippen LogP contribution in [0.3, 0.4) is 0 Å². The van der Waals surface area contributed by atoms with Crippen molar-refractivity contribution in [1.82, 2.24) is 4.98 Å². The summed E-state index contributed by atoms with van der Waals surface area (Å²) in [6, 6.07) is 4.37. The predicted octanol–water partition coefficient (Wildman–Crippen LogP) is 4.89. The van der Waals surface area contributed by atoms with Crippen molar-refractivity contribution in [2.24, 2.45) is 10.8 Å². The Balaban J connectivity index is 2.14. The van der Waals surface area contributed by atoms with Crippen molar-refractivity contribution in [1.29, 1.82) is 0 Å². The zero-order chi connectivity index (χ0) is 15.7. The molecule has 1 aromatic heterocycles. The highest BCUT2D eigenvalue weighted by atomic mass is 16.5. The van der Waals surface area contributed by atoms with Gasteiger partial charge in [-0.05, 0) is 56.1 Å². The fourth-order valence-electron chi connectivity index (χ4n) is 3.99. The van der Waals surface area contributed by atoms with E-state index in [9.17, 15) is 0 Å². The van der Waals surface area contributed by atoms with Gasteiger partial charge in [-0.2, -0.15) is 0 Å². The maximum absolute atomic E-state index is 5.87. The number of nitrogens with one attached hydrogen (secondary N) is 1. The molecule has 2 rings (SSSR count). The highest BCUT2D eigenvalue weighted by molar-refractivity contribution is 5.50. The van der Waals surface area contributed by atoms with Crippen LogP contribution in [0, 0.1) is 10.8 Å². The average Bonchev–Trinajstić information content (AvgIpc) is 2.26. The summed E-state index contributed by atoms with van der Waals surface area (Å²) in [7, 11) is 0. The van der Waals surface area contributed by atoms with Gasteiger partial charge in [0.1, 0.15) is 0 Å². The van der Waals surface area contributed by atoms with E-state index < -0.39 is 0 Å². The molecule has 3 heteroatoms. The van der Waals surface area contributed by atoms with E-state index >= 15 is 0 Å². The van der Waals surface area contributed by atoms with Gasteiger partial charge in [0.2, 0.25) is 0 Å². The normalized spacial score (nSPS) is 21.3. The average molecular weight is 290 g/mol.